The molecule has 0 radical (unpaired) electrons. The van der Waals surface area contributed by atoms with Crippen LogP contribution in [0.15, 0.2) is 71.8 Å². The third kappa shape index (κ3) is 6.73. The number of aryl methyl sites for hydroxylation is 2. The molecule has 0 aliphatic rings. The topological polar surface area (TPSA) is 120 Å². The highest BCUT2D eigenvalue weighted by Crippen LogP contribution is 2.17. The second-order valence-corrected chi connectivity index (χ2v) is 7.09. The minimum Gasteiger partial charge on any atom is -0.484 e. The maximum Gasteiger partial charge on any atom is 0.343 e. The third-order valence-electron chi connectivity index (χ3n) is 4.63. The van der Waals surface area contributed by atoms with E-state index in [-0.39, 0.29) is 23.6 Å². The lowest BCUT2D eigenvalue weighted by atomic mass is 10.1. The molecule has 3 aromatic carbocycles. The van der Waals surface area contributed by atoms with Gasteiger partial charge in [0.1, 0.15) is 11.5 Å². The molecule has 0 heterocycles. The molecule has 168 valence electrons. The number of amides is 1. The largest absolute Gasteiger partial charge is 0.484 e. The van der Waals surface area contributed by atoms with Crippen LogP contribution in [-0.2, 0) is 4.79 Å². The van der Waals surface area contributed by atoms with Crippen LogP contribution in [-0.4, -0.2) is 29.6 Å². The molecule has 0 fully saturated rings. The number of hydrogen-bond donors (Lipinski definition) is 1. The number of ether oxygens (including phenoxy) is 2. The quantitative estimate of drug-likeness (QED) is 0.183. The Kier molecular flexibility index (Phi) is 7.48. The average Bonchev–Trinajstić information content (AvgIpc) is 2.80. The van der Waals surface area contributed by atoms with Crippen LogP contribution in [0.4, 0.5) is 5.69 Å². The van der Waals surface area contributed by atoms with Crippen molar-refractivity contribution < 1.29 is 24.0 Å². The molecule has 3 rings (SSSR count). The van der Waals surface area contributed by atoms with Crippen LogP contribution in [0.25, 0.3) is 0 Å². The van der Waals surface area contributed by atoms with Crippen molar-refractivity contribution in [3.8, 4) is 11.5 Å². The van der Waals surface area contributed by atoms with Gasteiger partial charge in [-0.15, -0.1) is 0 Å². The molecule has 0 atom stereocenters. The van der Waals surface area contributed by atoms with Gasteiger partial charge in [0.2, 0.25) is 0 Å². The fourth-order valence-electron chi connectivity index (χ4n) is 2.71. The van der Waals surface area contributed by atoms with Gasteiger partial charge >= 0.3 is 5.97 Å². The zero-order valence-electron chi connectivity index (χ0n) is 18.0. The fourth-order valence-corrected chi connectivity index (χ4v) is 2.71. The summed E-state index contributed by atoms with van der Waals surface area (Å²) in [4.78, 5) is 34.3. The highest BCUT2D eigenvalue weighted by Gasteiger charge is 2.11. The summed E-state index contributed by atoms with van der Waals surface area (Å²) in [6.07, 6.45) is 1.40. The first-order chi connectivity index (χ1) is 15.8. The smallest absolute Gasteiger partial charge is 0.343 e. The molecule has 1 N–H and O–H groups in total. The lowest BCUT2D eigenvalue weighted by Crippen LogP contribution is -2.24. The van der Waals surface area contributed by atoms with Gasteiger partial charge < -0.3 is 9.47 Å². The number of rotatable bonds is 8. The van der Waals surface area contributed by atoms with Crippen molar-refractivity contribution in [1.82, 2.24) is 5.43 Å². The van der Waals surface area contributed by atoms with Crippen LogP contribution < -0.4 is 14.9 Å². The molecule has 0 aliphatic heterocycles. The summed E-state index contributed by atoms with van der Waals surface area (Å²) in [7, 11) is 0. The number of hydrogen-bond acceptors (Lipinski definition) is 7. The molecule has 0 aliphatic carbocycles. The van der Waals surface area contributed by atoms with E-state index in [1.54, 1.807) is 30.3 Å². The Morgan fingerprint density at radius 2 is 1.76 bits per heavy atom. The van der Waals surface area contributed by atoms with Gasteiger partial charge in [-0.2, -0.15) is 5.10 Å². The van der Waals surface area contributed by atoms with Gasteiger partial charge in [-0.3, -0.25) is 14.9 Å². The summed E-state index contributed by atoms with van der Waals surface area (Å²) >= 11 is 0. The molecule has 0 aromatic heterocycles. The number of carbonyl (C=O) groups is 2. The van der Waals surface area contributed by atoms with Crippen molar-refractivity contribution in [1.29, 1.82) is 0 Å². The number of carbonyl (C=O) groups excluding carboxylic acids is 2. The standard InChI is InChI=1S/C24H21N3O6/c1-16-6-11-21(12-17(16)2)32-15-23(28)26-25-14-18-4-3-5-22(13-18)33-24(29)19-7-9-20(10-8-19)27(30)31/h3-14H,15H2,1-2H3,(H,26,28)/b25-14+. The lowest BCUT2D eigenvalue weighted by Gasteiger charge is -2.07. The van der Waals surface area contributed by atoms with E-state index in [0.29, 0.717) is 11.3 Å². The molecule has 0 saturated heterocycles. The van der Waals surface area contributed by atoms with E-state index in [1.807, 2.05) is 26.0 Å². The Hall–Kier alpha value is -4.53. The van der Waals surface area contributed by atoms with E-state index < -0.39 is 16.8 Å². The van der Waals surface area contributed by atoms with Gasteiger partial charge in [-0.25, -0.2) is 10.2 Å². The Bertz CT molecular complexity index is 1210. The second kappa shape index (κ2) is 10.7. The third-order valence-corrected chi connectivity index (χ3v) is 4.63. The minimum absolute atomic E-state index is 0.119. The SMILES string of the molecule is Cc1ccc(OCC(=O)N/N=C/c2cccc(OC(=O)c3ccc([N+](=O)[O-])cc3)c2)cc1C. The predicted molar refractivity (Wildman–Crippen MR) is 122 cm³/mol. The van der Waals surface area contributed by atoms with Crippen LogP contribution in [0, 0.1) is 24.0 Å². The van der Waals surface area contributed by atoms with E-state index >= 15 is 0 Å². The summed E-state index contributed by atoms with van der Waals surface area (Å²) in [6.45, 7) is 3.77. The molecule has 9 heteroatoms. The van der Waals surface area contributed by atoms with E-state index in [1.165, 1.54) is 30.5 Å². The first-order valence-corrected chi connectivity index (χ1v) is 9.90. The molecular weight excluding hydrogens is 426 g/mol. The van der Waals surface area contributed by atoms with Crippen LogP contribution in [0.2, 0.25) is 0 Å². The second-order valence-electron chi connectivity index (χ2n) is 7.09. The van der Waals surface area contributed by atoms with Crippen molar-refractivity contribution in [2.45, 2.75) is 13.8 Å². The molecule has 0 bridgehead atoms. The molecular formula is C24H21N3O6. The van der Waals surface area contributed by atoms with Gasteiger partial charge in [0.05, 0.1) is 16.7 Å². The number of nitro benzene ring substituents is 1. The molecule has 3 aromatic rings. The number of esters is 1. The fraction of sp³-hybridized carbons (Fsp3) is 0.125. The van der Waals surface area contributed by atoms with E-state index in [9.17, 15) is 19.7 Å². The number of benzene rings is 3. The monoisotopic (exact) mass is 447 g/mol. The van der Waals surface area contributed by atoms with E-state index in [2.05, 4.69) is 10.5 Å². The Morgan fingerprint density at radius 3 is 2.45 bits per heavy atom. The average molecular weight is 447 g/mol. The van der Waals surface area contributed by atoms with Crippen LogP contribution in [0.1, 0.15) is 27.0 Å². The zero-order chi connectivity index (χ0) is 23.8. The van der Waals surface area contributed by atoms with Gasteiger partial charge in [0, 0.05) is 12.1 Å². The van der Waals surface area contributed by atoms with Gasteiger partial charge in [-0.05, 0) is 66.9 Å². The van der Waals surface area contributed by atoms with Crippen molar-refractivity contribution in [3.05, 3.63) is 99.1 Å². The van der Waals surface area contributed by atoms with E-state index in [4.69, 9.17) is 9.47 Å². The van der Waals surface area contributed by atoms with Gasteiger partial charge in [0.15, 0.2) is 6.61 Å². The Balaban J connectivity index is 1.52. The summed E-state index contributed by atoms with van der Waals surface area (Å²) in [5.41, 5.74) is 5.22. The predicted octanol–water partition coefficient (Wildman–Crippen LogP) is 3.96. The van der Waals surface area contributed by atoms with E-state index in [0.717, 1.165) is 11.1 Å². The summed E-state index contributed by atoms with van der Waals surface area (Å²) < 4.78 is 10.7. The minimum atomic E-state index is -0.657. The highest BCUT2D eigenvalue weighted by molar-refractivity contribution is 5.91. The molecule has 9 nitrogen and oxygen atoms in total. The van der Waals surface area contributed by atoms with Crippen LogP contribution in [0.5, 0.6) is 11.5 Å². The van der Waals surface area contributed by atoms with Crippen molar-refractivity contribution in [3.63, 3.8) is 0 Å². The first-order valence-electron chi connectivity index (χ1n) is 9.90. The lowest BCUT2D eigenvalue weighted by molar-refractivity contribution is -0.384. The Morgan fingerprint density at radius 1 is 1.00 bits per heavy atom. The summed E-state index contributed by atoms with van der Waals surface area (Å²) in [5, 5.41) is 14.6. The Labute approximate surface area is 189 Å². The highest BCUT2D eigenvalue weighted by atomic mass is 16.6. The number of nitrogens with zero attached hydrogens (tertiary/aromatic N) is 2. The van der Waals surface area contributed by atoms with Crippen molar-refractivity contribution in [2.24, 2.45) is 5.10 Å². The van der Waals surface area contributed by atoms with Crippen LogP contribution in [0.3, 0.4) is 0 Å². The number of non-ortho nitro benzene ring substituents is 1. The number of hydrazone groups is 1. The van der Waals surface area contributed by atoms with Crippen molar-refractivity contribution >= 4 is 23.8 Å². The van der Waals surface area contributed by atoms with Gasteiger partial charge in [-0.1, -0.05) is 18.2 Å². The van der Waals surface area contributed by atoms with Crippen molar-refractivity contribution in [2.75, 3.05) is 6.61 Å². The molecule has 1 amide bonds. The maximum absolute atomic E-state index is 12.2. The molecule has 0 saturated carbocycles. The zero-order valence-corrected chi connectivity index (χ0v) is 18.0. The molecule has 0 unspecified atom stereocenters. The summed E-state index contributed by atoms with van der Waals surface area (Å²) in [5.74, 6) is -0.229. The van der Waals surface area contributed by atoms with Gasteiger partial charge in [0.25, 0.3) is 11.6 Å². The molecule has 0 spiro atoms. The number of nitro groups is 1. The number of nitrogens with one attached hydrogen (secondary N) is 1. The maximum atomic E-state index is 12.2. The normalized spacial score (nSPS) is 10.6. The first kappa shape index (κ1) is 23.1. The van der Waals surface area contributed by atoms with Crippen LogP contribution >= 0.6 is 0 Å². The molecule has 33 heavy (non-hydrogen) atoms. The summed E-state index contributed by atoms with van der Waals surface area (Å²) in [6, 6.07) is 17.2.